The van der Waals surface area contributed by atoms with Gasteiger partial charge in [0.05, 0.1) is 25.2 Å². The van der Waals surface area contributed by atoms with Crippen molar-refractivity contribution < 1.29 is 14.3 Å². The molecule has 22 heavy (non-hydrogen) atoms. The zero-order valence-electron chi connectivity index (χ0n) is 12.0. The smallest absolute Gasteiger partial charge is 0.310 e. The number of esters is 1. The van der Waals surface area contributed by atoms with E-state index < -0.39 is 0 Å². The molecule has 0 aliphatic carbocycles. The Hall–Kier alpha value is -2.51. The lowest BCUT2D eigenvalue weighted by molar-refractivity contribution is -0.144. The van der Waals surface area contributed by atoms with E-state index in [2.05, 4.69) is 0 Å². The Labute approximate surface area is 133 Å². The van der Waals surface area contributed by atoms with Crippen LogP contribution in [0.5, 0.6) is 5.75 Å². The van der Waals surface area contributed by atoms with Gasteiger partial charge in [0.1, 0.15) is 12.4 Å². The fourth-order valence-electron chi connectivity index (χ4n) is 1.99. The lowest BCUT2D eigenvalue weighted by Gasteiger charge is -2.09. The fraction of sp³-hybridized carbons (Fsp3) is 0.176. The number of hydrogen-bond donors (Lipinski definition) is 0. The van der Waals surface area contributed by atoms with Gasteiger partial charge in [-0.15, -0.1) is 0 Å². The molecular weight excluding hydrogens is 302 g/mol. The van der Waals surface area contributed by atoms with Crippen LogP contribution in [-0.2, 0) is 22.6 Å². The van der Waals surface area contributed by atoms with Gasteiger partial charge in [0, 0.05) is 10.6 Å². The summed E-state index contributed by atoms with van der Waals surface area (Å²) in [6.45, 7) is 0.122. The van der Waals surface area contributed by atoms with Crippen LogP contribution in [0, 0.1) is 11.3 Å². The van der Waals surface area contributed by atoms with Gasteiger partial charge in [-0.2, -0.15) is 5.26 Å². The van der Waals surface area contributed by atoms with Crippen molar-refractivity contribution in [1.82, 2.24) is 0 Å². The summed E-state index contributed by atoms with van der Waals surface area (Å²) in [5, 5.41) is 9.37. The third-order valence-corrected chi connectivity index (χ3v) is 3.27. The molecule has 2 aromatic carbocycles. The number of nitrogens with zero attached hydrogens (tertiary/aromatic N) is 1. The van der Waals surface area contributed by atoms with Gasteiger partial charge < -0.3 is 9.47 Å². The topological polar surface area (TPSA) is 59.3 Å². The summed E-state index contributed by atoms with van der Waals surface area (Å²) < 4.78 is 10.4. The minimum Gasteiger partial charge on any atom is -0.496 e. The van der Waals surface area contributed by atoms with Gasteiger partial charge in [0.15, 0.2) is 0 Å². The summed E-state index contributed by atoms with van der Waals surface area (Å²) in [5.74, 6) is 0.204. The van der Waals surface area contributed by atoms with Crippen LogP contribution < -0.4 is 4.74 Å². The molecule has 5 heteroatoms. The lowest BCUT2D eigenvalue weighted by atomic mass is 10.1. The molecule has 112 valence electrons. The summed E-state index contributed by atoms with van der Waals surface area (Å²) in [7, 11) is 1.53. The molecule has 0 atom stereocenters. The highest BCUT2D eigenvalue weighted by Crippen LogP contribution is 2.23. The normalized spacial score (nSPS) is 9.86. The molecule has 0 saturated heterocycles. The molecule has 0 aromatic heterocycles. The monoisotopic (exact) mass is 315 g/mol. The second-order valence-electron chi connectivity index (χ2n) is 4.61. The number of benzene rings is 2. The molecule has 0 radical (unpaired) electrons. The summed E-state index contributed by atoms with van der Waals surface area (Å²) in [6, 6.07) is 14.1. The van der Waals surface area contributed by atoms with Crippen molar-refractivity contribution in [2.75, 3.05) is 7.11 Å². The third-order valence-electron chi connectivity index (χ3n) is 3.03. The number of methoxy groups -OCH3 is 1. The molecule has 0 spiro atoms. The maximum atomic E-state index is 11.9. The zero-order chi connectivity index (χ0) is 15.9. The molecule has 0 aliphatic heterocycles. The van der Waals surface area contributed by atoms with Gasteiger partial charge in [-0.25, -0.2) is 0 Å². The van der Waals surface area contributed by atoms with E-state index in [1.165, 1.54) is 7.11 Å². The van der Waals surface area contributed by atoms with Crippen molar-refractivity contribution in [2.24, 2.45) is 0 Å². The molecule has 0 bridgehead atoms. The van der Waals surface area contributed by atoms with E-state index in [-0.39, 0.29) is 19.0 Å². The third kappa shape index (κ3) is 4.24. The molecule has 0 heterocycles. The molecule has 0 aliphatic rings. The molecule has 2 rings (SSSR count). The molecule has 0 amide bonds. The van der Waals surface area contributed by atoms with Gasteiger partial charge in [0.2, 0.25) is 0 Å². The summed E-state index contributed by atoms with van der Waals surface area (Å²) in [4.78, 5) is 11.9. The molecule has 0 N–H and O–H groups in total. The Morgan fingerprint density at radius 1 is 1.27 bits per heavy atom. The van der Waals surface area contributed by atoms with Gasteiger partial charge in [-0.1, -0.05) is 23.7 Å². The molecular formula is C17H14ClNO3. The molecule has 0 saturated carbocycles. The van der Waals surface area contributed by atoms with Gasteiger partial charge in [-0.3, -0.25) is 4.79 Å². The number of nitriles is 1. The number of carbonyl (C=O) groups is 1. The van der Waals surface area contributed by atoms with E-state index >= 15 is 0 Å². The van der Waals surface area contributed by atoms with Crippen molar-refractivity contribution in [1.29, 1.82) is 5.26 Å². The van der Waals surface area contributed by atoms with Gasteiger partial charge in [-0.05, 0) is 35.9 Å². The standard InChI is InChI=1S/C17H14ClNO3/c1-21-16-6-5-15(18)8-14(16)9-17(20)22-11-13-4-2-3-12(7-13)10-19/h2-8H,9,11H2,1H3. The maximum absolute atomic E-state index is 11.9. The average molecular weight is 316 g/mol. The predicted molar refractivity (Wildman–Crippen MR) is 82.7 cm³/mol. The summed E-state index contributed by atoms with van der Waals surface area (Å²) >= 11 is 5.93. The Bertz CT molecular complexity index is 722. The largest absolute Gasteiger partial charge is 0.496 e. The van der Waals surface area contributed by atoms with Crippen LogP contribution in [0.1, 0.15) is 16.7 Å². The summed E-state index contributed by atoms with van der Waals surface area (Å²) in [6.07, 6.45) is 0.0711. The molecule has 0 fully saturated rings. The minimum atomic E-state index is -0.386. The zero-order valence-corrected chi connectivity index (χ0v) is 12.8. The van der Waals surface area contributed by atoms with Crippen LogP contribution >= 0.6 is 11.6 Å². The second-order valence-corrected chi connectivity index (χ2v) is 5.04. The highest BCUT2D eigenvalue weighted by atomic mass is 35.5. The predicted octanol–water partition coefficient (Wildman–Crippen LogP) is 3.51. The Morgan fingerprint density at radius 2 is 2.09 bits per heavy atom. The maximum Gasteiger partial charge on any atom is 0.310 e. The second kappa shape index (κ2) is 7.48. The highest BCUT2D eigenvalue weighted by molar-refractivity contribution is 6.30. The first-order chi connectivity index (χ1) is 10.6. The minimum absolute atomic E-state index is 0.0711. The number of ether oxygens (including phenoxy) is 2. The Morgan fingerprint density at radius 3 is 2.82 bits per heavy atom. The van der Waals surface area contributed by atoms with Crippen LogP contribution in [-0.4, -0.2) is 13.1 Å². The van der Waals surface area contributed by atoms with Crippen molar-refractivity contribution in [3.8, 4) is 11.8 Å². The van der Waals surface area contributed by atoms with Crippen LogP contribution in [0.15, 0.2) is 42.5 Å². The summed E-state index contributed by atoms with van der Waals surface area (Å²) in [5.41, 5.74) is 1.97. The number of carbonyl (C=O) groups excluding carboxylic acids is 1. The van der Waals surface area contributed by atoms with Crippen molar-refractivity contribution in [2.45, 2.75) is 13.0 Å². The van der Waals surface area contributed by atoms with E-state index in [1.807, 2.05) is 6.07 Å². The highest BCUT2D eigenvalue weighted by Gasteiger charge is 2.11. The molecule has 2 aromatic rings. The SMILES string of the molecule is COc1ccc(Cl)cc1CC(=O)OCc1cccc(C#N)c1. The van der Waals surface area contributed by atoms with E-state index in [0.717, 1.165) is 5.56 Å². The van der Waals surface area contributed by atoms with Crippen LogP contribution in [0.25, 0.3) is 0 Å². The Kier molecular flexibility index (Phi) is 5.40. The number of halogens is 1. The molecule has 4 nitrogen and oxygen atoms in total. The van der Waals surface area contributed by atoms with Crippen molar-refractivity contribution >= 4 is 17.6 Å². The first-order valence-corrected chi connectivity index (χ1v) is 6.97. The first-order valence-electron chi connectivity index (χ1n) is 6.59. The van der Waals surface area contributed by atoms with Crippen LogP contribution in [0.3, 0.4) is 0 Å². The van der Waals surface area contributed by atoms with Crippen molar-refractivity contribution in [3.63, 3.8) is 0 Å². The number of rotatable bonds is 5. The van der Waals surface area contributed by atoms with Crippen LogP contribution in [0.4, 0.5) is 0 Å². The van der Waals surface area contributed by atoms with Crippen molar-refractivity contribution in [3.05, 3.63) is 64.2 Å². The van der Waals surface area contributed by atoms with E-state index in [9.17, 15) is 4.79 Å². The fourth-order valence-corrected chi connectivity index (χ4v) is 2.18. The molecule has 0 unspecified atom stereocenters. The lowest BCUT2D eigenvalue weighted by Crippen LogP contribution is -2.09. The van der Waals surface area contributed by atoms with E-state index in [1.54, 1.807) is 42.5 Å². The van der Waals surface area contributed by atoms with Gasteiger partial charge in [0.25, 0.3) is 0 Å². The first kappa shape index (κ1) is 15.9. The number of hydrogen-bond acceptors (Lipinski definition) is 4. The van der Waals surface area contributed by atoms with E-state index in [4.69, 9.17) is 26.3 Å². The average Bonchev–Trinajstić information content (AvgIpc) is 2.53. The quantitative estimate of drug-likeness (QED) is 0.792. The van der Waals surface area contributed by atoms with Gasteiger partial charge >= 0.3 is 5.97 Å². The van der Waals surface area contributed by atoms with Crippen LogP contribution in [0.2, 0.25) is 5.02 Å². The van der Waals surface area contributed by atoms with E-state index in [0.29, 0.717) is 21.9 Å². The Balaban J connectivity index is 1.99.